The van der Waals surface area contributed by atoms with Crippen LogP contribution in [0.2, 0.25) is 0 Å². The van der Waals surface area contributed by atoms with Gasteiger partial charge in [0, 0.05) is 12.6 Å². The molecule has 24 heavy (non-hydrogen) atoms. The lowest BCUT2D eigenvalue weighted by atomic mass is 10.2. The molecule has 6 nitrogen and oxygen atoms in total. The number of hydrogen-bond acceptors (Lipinski definition) is 5. The Morgan fingerprint density at radius 2 is 2.12 bits per heavy atom. The first-order valence-corrected chi connectivity index (χ1v) is 7.45. The zero-order chi connectivity index (χ0) is 17.3. The SMILES string of the molecule is CCC(O)C#Cc1nc(N)c2nc(-c3cccc(F)c3)n(C)c2n1. The minimum Gasteiger partial charge on any atom is -0.382 e. The van der Waals surface area contributed by atoms with E-state index in [-0.39, 0.29) is 17.5 Å². The highest BCUT2D eigenvalue weighted by Gasteiger charge is 2.15. The van der Waals surface area contributed by atoms with Crippen LogP contribution in [0.5, 0.6) is 0 Å². The van der Waals surface area contributed by atoms with Crippen molar-refractivity contribution in [2.75, 3.05) is 5.73 Å². The van der Waals surface area contributed by atoms with E-state index in [2.05, 4.69) is 26.8 Å². The van der Waals surface area contributed by atoms with E-state index in [1.54, 1.807) is 23.7 Å². The molecule has 0 saturated heterocycles. The summed E-state index contributed by atoms with van der Waals surface area (Å²) in [7, 11) is 1.76. The van der Waals surface area contributed by atoms with Gasteiger partial charge in [0.1, 0.15) is 17.7 Å². The lowest BCUT2D eigenvalue weighted by Crippen LogP contribution is -2.02. The van der Waals surface area contributed by atoms with Crippen molar-refractivity contribution < 1.29 is 9.50 Å². The predicted molar refractivity (Wildman–Crippen MR) is 89.3 cm³/mol. The van der Waals surface area contributed by atoms with Gasteiger partial charge in [-0.25, -0.2) is 19.3 Å². The van der Waals surface area contributed by atoms with Gasteiger partial charge in [-0.1, -0.05) is 25.0 Å². The number of benzene rings is 1. The Labute approximate surface area is 138 Å². The number of aryl methyl sites for hydroxylation is 1. The highest BCUT2D eigenvalue weighted by atomic mass is 19.1. The number of aliphatic hydroxyl groups excluding tert-OH is 1. The van der Waals surface area contributed by atoms with Crippen molar-refractivity contribution in [1.82, 2.24) is 19.5 Å². The van der Waals surface area contributed by atoms with Crippen molar-refractivity contribution >= 4 is 17.0 Å². The lowest BCUT2D eigenvalue weighted by Gasteiger charge is -2.02. The first-order valence-electron chi connectivity index (χ1n) is 7.45. The lowest BCUT2D eigenvalue weighted by molar-refractivity contribution is 0.228. The summed E-state index contributed by atoms with van der Waals surface area (Å²) in [5, 5.41) is 9.52. The Kier molecular flexibility index (Phi) is 4.15. The normalized spacial score (nSPS) is 12.0. The van der Waals surface area contributed by atoms with Crippen molar-refractivity contribution in [2.24, 2.45) is 7.05 Å². The number of imidazole rings is 1. The van der Waals surface area contributed by atoms with Crippen LogP contribution in [0.15, 0.2) is 24.3 Å². The summed E-state index contributed by atoms with van der Waals surface area (Å²) in [5.74, 6) is 5.94. The number of hydrogen-bond donors (Lipinski definition) is 2. The number of rotatable bonds is 2. The topological polar surface area (TPSA) is 89.9 Å². The Morgan fingerprint density at radius 3 is 2.83 bits per heavy atom. The molecule has 0 saturated carbocycles. The Hall–Kier alpha value is -2.98. The van der Waals surface area contributed by atoms with Gasteiger partial charge in [0.05, 0.1) is 0 Å². The molecule has 0 radical (unpaired) electrons. The van der Waals surface area contributed by atoms with Gasteiger partial charge in [0.25, 0.3) is 0 Å². The van der Waals surface area contributed by atoms with Gasteiger partial charge >= 0.3 is 0 Å². The summed E-state index contributed by atoms with van der Waals surface area (Å²) in [5.41, 5.74) is 7.50. The molecule has 3 N–H and O–H groups in total. The molecule has 0 amide bonds. The number of nitrogens with zero attached hydrogens (tertiary/aromatic N) is 4. The van der Waals surface area contributed by atoms with Crippen molar-refractivity contribution in [3.8, 4) is 23.2 Å². The van der Waals surface area contributed by atoms with Gasteiger partial charge in [0.15, 0.2) is 17.0 Å². The van der Waals surface area contributed by atoms with Crippen LogP contribution < -0.4 is 5.73 Å². The molecule has 7 heteroatoms. The van der Waals surface area contributed by atoms with Crippen LogP contribution in [0, 0.1) is 17.7 Å². The van der Waals surface area contributed by atoms with Crippen LogP contribution in [0.25, 0.3) is 22.6 Å². The molecule has 0 aliphatic rings. The van der Waals surface area contributed by atoms with Gasteiger partial charge < -0.3 is 15.4 Å². The van der Waals surface area contributed by atoms with Crippen LogP contribution in [-0.4, -0.2) is 30.7 Å². The van der Waals surface area contributed by atoms with Gasteiger partial charge in [-0.2, -0.15) is 0 Å². The molecule has 0 fully saturated rings. The summed E-state index contributed by atoms with van der Waals surface area (Å²) in [6.07, 6.45) is -0.222. The van der Waals surface area contributed by atoms with Crippen LogP contribution >= 0.6 is 0 Å². The minimum absolute atomic E-state index is 0.188. The highest BCUT2D eigenvalue weighted by molar-refractivity contribution is 5.85. The van der Waals surface area contributed by atoms with Gasteiger partial charge in [0.2, 0.25) is 5.82 Å². The summed E-state index contributed by atoms with van der Waals surface area (Å²) in [6.45, 7) is 1.82. The quantitative estimate of drug-likeness (QED) is 0.702. The zero-order valence-corrected chi connectivity index (χ0v) is 13.3. The Bertz CT molecular complexity index is 970. The Balaban J connectivity index is 2.14. The summed E-state index contributed by atoms with van der Waals surface area (Å²) in [6, 6.07) is 6.13. The molecule has 0 bridgehead atoms. The third kappa shape index (κ3) is 2.92. The molecule has 0 spiro atoms. The van der Waals surface area contributed by atoms with Crippen LogP contribution in [0.1, 0.15) is 19.2 Å². The molecular formula is C17H16FN5O. The van der Waals surface area contributed by atoms with Crippen molar-refractivity contribution in [3.63, 3.8) is 0 Å². The molecule has 3 rings (SSSR count). The van der Waals surface area contributed by atoms with Crippen LogP contribution in [0.3, 0.4) is 0 Å². The molecule has 2 heterocycles. The van der Waals surface area contributed by atoms with E-state index in [0.29, 0.717) is 29.0 Å². The monoisotopic (exact) mass is 325 g/mol. The Morgan fingerprint density at radius 1 is 1.33 bits per heavy atom. The standard InChI is InChI=1S/C17H16FN5O/c1-3-12(24)7-8-13-20-15(19)14-17(21-13)23(2)16(22-14)10-5-4-6-11(18)9-10/h4-6,9,12,24H,3H2,1-2H3,(H2,19,20,21). The first kappa shape index (κ1) is 15.9. The third-order valence-corrected chi connectivity index (χ3v) is 3.57. The van der Waals surface area contributed by atoms with Gasteiger partial charge in [-0.05, 0) is 24.5 Å². The third-order valence-electron chi connectivity index (χ3n) is 3.57. The molecule has 0 aliphatic heterocycles. The summed E-state index contributed by atoms with van der Waals surface area (Å²) in [4.78, 5) is 12.9. The average Bonchev–Trinajstić information content (AvgIpc) is 2.90. The fourth-order valence-corrected chi connectivity index (χ4v) is 2.27. The molecule has 1 unspecified atom stereocenters. The molecule has 3 aromatic rings. The highest BCUT2D eigenvalue weighted by Crippen LogP contribution is 2.25. The van der Waals surface area contributed by atoms with Crippen molar-refractivity contribution in [2.45, 2.75) is 19.4 Å². The number of halogens is 1. The fourth-order valence-electron chi connectivity index (χ4n) is 2.27. The van der Waals surface area contributed by atoms with E-state index in [9.17, 15) is 9.50 Å². The van der Waals surface area contributed by atoms with E-state index >= 15 is 0 Å². The first-order chi connectivity index (χ1) is 11.5. The second kappa shape index (κ2) is 6.26. The van der Waals surface area contributed by atoms with Crippen LogP contribution in [0.4, 0.5) is 10.2 Å². The van der Waals surface area contributed by atoms with Crippen molar-refractivity contribution in [3.05, 3.63) is 35.9 Å². The summed E-state index contributed by atoms with van der Waals surface area (Å²) < 4.78 is 15.2. The number of anilines is 1. The largest absolute Gasteiger partial charge is 0.382 e. The molecule has 0 aliphatic carbocycles. The minimum atomic E-state index is -0.736. The predicted octanol–water partition coefficient (Wildman–Crippen LogP) is 1.87. The molecule has 2 aromatic heterocycles. The van der Waals surface area contributed by atoms with E-state index in [1.165, 1.54) is 12.1 Å². The smallest absolute Gasteiger partial charge is 0.209 e. The number of aliphatic hydroxyl groups is 1. The summed E-state index contributed by atoms with van der Waals surface area (Å²) >= 11 is 0. The molecule has 1 atom stereocenters. The zero-order valence-electron chi connectivity index (χ0n) is 13.3. The maximum atomic E-state index is 13.5. The average molecular weight is 325 g/mol. The second-order valence-corrected chi connectivity index (χ2v) is 5.30. The maximum absolute atomic E-state index is 13.5. The number of nitrogen functional groups attached to an aromatic ring is 1. The second-order valence-electron chi connectivity index (χ2n) is 5.30. The van der Waals surface area contributed by atoms with E-state index in [1.807, 2.05) is 6.92 Å². The van der Waals surface area contributed by atoms with E-state index in [4.69, 9.17) is 5.73 Å². The fraction of sp³-hybridized carbons (Fsp3) is 0.235. The van der Waals surface area contributed by atoms with Crippen LogP contribution in [-0.2, 0) is 7.05 Å². The van der Waals surface area contributed by atoms with Gasteiger partial charge in [-0.15, -0.1) is 0 Å². The van der Waals surface area contributed by atoms with E-state index < -0.39 is 6.10 Å². The van der Waals surface area contributed by atoms with Crippen molar-refractivity contribution in [1.29, 1.82) is 0 Å². The number of nitrogens with two attached hydrogens (primary N) is 1. The van der Waals surface area contributed by atoms with Gasteiger partial charge in [-0.3, -0.25) is 0 Å². The maximum Gasteiger partial charge on any atom is 0.209 e. The van der Waals surface area contributed by atoms with E-state index in [0.717, 1.165) is 0 Å². The number of aromatic nitrogens is 4. The molecule has 122 valence electrons. The molecular weight excluding hydrogens is 309 g/mol. The number of fused-ring (bicyclic) bond motifs is 1. The molecule has 1 aromatic carbocycles.